The third-order valence-corrected chi connectivity index (χ3v) is 2.50. The Labute approximate surface area is 67.4 Å². The van der Waals surface area contributed by atoms with Crippen LogP contribution in [0, 0.1) is 11.8 Å². The highest BCUT2D eigenvalue weighted by Crippen LogP contribution is 2.41. The van der Waals surface area contributed by atoms with Gasteiger partial charge in [0, 0.05) is 23.8 Å². The quantitative estimate of drug-likeness (QED) is 0.589. The highest BCUT2D eigenvalue weighted by atomic mass is 15.2. The van der Waals surface area contributed by atoms with E-state index in [1.165, 1.54) is 31.4 Å². The minimum absolute atomic E-state index is 0.763. The molecule has 1 saturated carbocycles. The van der Waals surface area contributed by atoms with E-state index >= 15 is 0 Å². The fourth-order valence-electron chi connectivity index (χ4n) is 1.62. The van der Waals surface area contributed by atoms with E-state index in [9.17, 15) is 0 Å². The molecule has 0 N–H and O–H groups in total. The van der Waals surface area contributed by atoms with Gasteiger partial charge in [0.2, 0.25) is 0 Å². The van der Waals surface area contributed by atoms with Gasteiger partial charge in [-0.25, -0.2) is 0 Å². The first-order chi connectivity index (χ1) is 5.42. The Balaban J connectivity index is 1.92. The molecule has 0 bridgehead atoms. The number of nitrogens with zero attached hydrogens (tertiary/aromatic N) is 2. The zero-order chi connectivity index (χ0) is 7.68. The molecular weight excluding hydrogens is 136 g/mol. The monoisotopic (exact) mass is 150 g/mol. The van der Waals surface area contributed by atoms with E-state index in [4.69, 9.17) is 0 Å². The molecule has 2 atom stereocenters. The summed E-state index contributed by atoms with van der Waals surface area (Å²) in [5.41, 5.74) is 1.36. The Morgan fingerprint density at radius 2 is 2.55 bits per heavy atom. The molecule has 0 saturated heterocycles. The fourth-order valence-corrected chi connectivity index (χ4v) is 1.62. The Morgan fingerprint density at radius 1 is 1.64 bits per heavy atom. The molecule has 0 amide bonds. The average molecular weight is 150 g/mol. The van der Waals surface area contributed by atoms with Crippen molar-refractivity contribution in [2.45, 2.75) is 32.6 Å². The predicted molar refractivity (Wildman–Crippen MR) is 47.0 cm³/mol. The lowest BCUT2D eigenvalue weighted by atomic mass is 10.1. The summed E-state index contributed by atoms with van der Waals surface area (Å²) in [4.78, 5) is 0. The van der Waals surface area contributed by atoms with Crippen LogP contribution in [0.1, 0.15) is 32.6 Å². The molecular formula is C9H14N2. The minimum atomic E-state index is 0.763. The van der Waals surface area contributed by atoms with Crippen LogP contribution >= 0.6 is 0 Å². The van der Waals surface area contributed by atoms with Crippen LogP contribution in [-0.4, -0.2) is 11.9 Å². The lowest BCUT2D eigenvalue weighted by molar-refractivity contribution is 0.809. The molecule has 1 aliphatic carbocycles. The minimum Gasteiger partial charge on any atom is -0.163 e. The normalized spacial score (nSPS) is 33.0. The van der Waals surface area contributed by atoms with Crippen LogP contribution in [0.2, 0.25) is 0 Å². The van der Waals surface area contributed by atoms with Crippen molar-refractivity contribution < 1.29 is 0 Å². The van der Waals surface area contributed by atoms with Gasteiger partial charge in [-0.05, 0) is 19.3 Å². The maximum Gasteiger partial charge on any atom is 0.0443 e. The highest BCUT2D eigenvalue weighted by Gasteiger charge is 2.41. The second-order valence-electron chi connectivity index (χ2n) is 3.47. The topological polar surface area (TPSA) is 24.7 Å². The maximum atomic E-state index is 4.18. The van der Waals surface area contributed by atoms with Crippen molar-refractivity contribution in [3.05, 3.63) is 0 Å². The Morgan fingerprint density at radius 3 is 3.36 bits per heavy atom. The van der Waals surface area contributed by atoms with Crippen molar-refractivity contribution in [3.63, 3.8) is 0 Å². The molecule has 2 aliphatic rings. The second-order valence-corrected chi connectivity index (χ2v) is 3.47. The van der Waals surface area contributed by atoms with Crippen LogP contribution in [0.25, 0.3) is 0 Å². The summed E-state index contributed by atoms with van der Waals surface area (Å²) in [5.74, 6) is 1.55. The highest BCUT2D eigenvalue weighted by molar-refractivity contribution is 5.95. The van der Waals surface area contributed by atoms with Crippen LogP contribution in [0.5, 0.6) is 0 Å². The van der Waals surface area contributed by atoms with Crippen LogP contribution in [0.15, 0.2) is 10.2 Å². The van der Waals surface area contributed by atoms with Gasteiger partial charge in [-0.15, -0.1) is 0 Å². The summed E-state index contributed by atoms with van der Waals surface area (Å²) >= 11 is 0. The number of hydrogen-bond donors (Lipinski definition) is 0. The summed E-state index contributed by atoms with van der Waals surface area (Å²) in [6.45, 7) is 2.22. The largest absolute Gasteiger partial charge is 0.163 e. The molecule has 0 radical (unpaired) electrons. The third kappa shape index (κ3) is 1.35. The van der Waals surface area contributed by atoms with E-state index in [1.54, 1.807) is 0 Å². The lowest BCUT2D eigenvalue weighted by Crippen LogP contribution is -2.06. The molecule has 2 nitrogen and oxygen atoms in total. The smallest absolute Gasteiger partial charge is 0.0443 e. The van der Waals surface area contributed by atoms with Crippen molar-refractivity contribution in [2.24, 2.45) is 22.0 Å². The Hall–Kier alpha value is -0.660. The maximum absolute atomic E-state index is 4.18. The van der Waals surface area contributed by atoms with Crippen molar-refractivity contribution >= 4 is 11.9 Å². The second kappa shape index (κ2) is 2.76. The van der Waals surface area contributed by atoms with Gasteiger partial charge in [-0.3, -0.25) is 0 Å². The van der Waals surface area contributed by atoms with Gasteiger partial charge in [-0.2, -0.15) is 10.2 Å². The van der Waals surface area contributed by atoms with E-state index in [-0.39, 0.29) is 0 Å². The van der Waals surface area contributed by atoms with Crippen LogP contribution < -0.4 is 0 Å². The Bertz CT molecular complexity index is 206. The first-order valence-corrected chi connectivity index (χ1v) is 4.51. The summed E-state index contributed by atoms with van der Waals surface area (Å²) < 4.78 is 0. The van der Waals surface area contributed by atoms with E-state index in [0.717, 1.165) is 11.8 Å². The SMILES string of the molecule is CCCCC1=NN=CC2C[C@H]12. The summed E-state index contributed by atoms with van der Waals surface area (Å²) in [7, 11) is 0. The summed E-state index contributed by atoms with van der Waals surface area (Å²) in [5, 5.41) is 8.17. The lowest BCUT2D eigenvalue weighted by Gasteiger charge is -2.04. The number of fused-ring (bicyclic) bond motifs is 1. The first kappa shape index (κ1) is 7.01. The summed E-state index contributed by atoms with van der Waals surface area (Å²) in [6.07, 6.45) is 7.03. The zero-order valence-electron chi connectivity index (χ0n) is 6.95. The van der Waals surface area contributed by atoms with Crippen molar-refractivity contribution in [1.82, 2.24) is 0 Å². The van der Waals surface area contributed by atoms with Gasteiger partial charge < -0.3 is 0 Å². The molecule has 1 fully saturated rings. The van der Waals surface area contributed by atoms with Gasteiger partial charge in [0.05, 0.1) is 0 Å². The van der Waals surface area contributed by atoms with Crippen molar-refractivity contribution in [1.29, 1.82) is 0 Å². The molecule has 1 heterocycles. The van der Waals surface area contributed by atoms with Crippen LogP contribution in [0.4, 0.5) is 0 Å². The van der Waals surface area contributed by atoms with E-state index < -0.39 is 0 Å². The fraction of sp³-hybridized carbons (Fsp3) is 0.778. The molecule has 0 aromatic heterocycles. The zero-order valence-corrected chi connectivity index (χ0v) is 6.95. The predicted octanol–water partition coefficient (Wildman–Crippen LogP) is 2.25. The number of hydrogen-bond acceptors (Lipinski definition) is 2. The standard InChI is InChI=1S/C9H14N2/c1-2-3-4-9-8-5-7(8)6-10-11-9/h6-8H,2-5H2,1H3/t7?,8-/m0/s1. The van der Waals surface area contributed by atoms with Gasteiger partial charge in [0.15, 0.2) is 0 Å². The molecule has 1 unspecified atom stereocenters. The molecule has 60 valence electrons. The van der Waals surface area contributed by atoms with E-state index in [2.05, 4.69) is 17.1 Å². The van der Waals surface area contributed by atoms with Crippen LogP contribution in [0.3, 0.4) is 0 Å². The molecule has 0 aromatic rings. The van der Waals surface area contributed by atoms with Crippen molar-refractivity contribution in [2.75, 3.05) is 0 Å². The molecule has 2 heteroatoms. The molecule has 0 aromatic carbocycles. The van der Waals surface area contributed by atoms with E-state index in [1.807, 2.05) is 6.21 Å². The summed E-state index contributed by atoms with van der Waals surface area (Å²) in [6, 6.07) is 0. The van der Waals surface area contributed by atoms with Crippen LogP contribution in [-0.2, 0) is 0 Å². The van der Waals surface area contributed by atoms with Gasteiger partial charge in [-0.1, -0.05) is 13.3 Å². The Kier molecular flexibility index (Phi) is 1.76. The average Bonchev–Trinajstić information content (AvgIpc) is 2.79. The van der Waals surface area contributed by atoms with Gasteiger partial charge >= 0.3 is 0 Å². The third-order valence-electron chi connectivity index (χ3n) is 2.50. The number of unbranched alkanes of at least 4 members (excludes halogenated alkanes) is 1. The van der Waals surface area contributed by atoms with Gasteiger partial charge in [0.25, 0.3) is 0 Å². The molecule has 11 heavy (non-hydrogen) atoms. The van der Waals surface area contributed by atoms with E-state index in [0.29, 0.717) is 0 Å². The molecule has 2 rings (SSSR count). The first-order valence-electron chi connectivity index (χ1n) is 4.51. The molecule has 1 aliphatic heterocycles. The van der Waals surface area contributed by atoms with Crippen molar-refractivity contribution in [3.8, 4) is 0 Å². The molecule has 0 spiro atoms. The number of rotatable bonds is 3. The van der Waals surface area contributed by atoms with Gasteiger partial charge in [0.1, 0.15) is 0 Å².